The lowest BCUT2D eigenvalue weighted by atomic mass is 9.96. The molecule has 4 heterocycles. The van der Waals surface area contributed by atoms with Crippen LogP contribution in [0.2, 0.25) is 0 Å². The van der Waals surface area contributed by atoms with E-state index in [0.717, 1.165) is 18.4 Å². The van der Waals surface area contributed by atoms with Gasteiger partial charge in [-0.1, -0.05) is 18.6 Å². The molecule has 0 aliphatic carbocycles. The summed E-state index contributed by atoms with van der Waals surface area (Å²) in [5.41, 5.74) is 7.33. The second-order valence-corrected chi connectivity index (χ2v) is 11.0. The highest BCUT2D eigenvalue weighted by Gasteiger charge is 2.48. The molecule has 1 aromatic carbocycles. The van der Waals surface area contributed by atoms with Crippen molar-refractivity contribution in [2.75, 3.05) is 37.6 Å². The van der Waals surface area contributed by atoms with Gasteiger partial charge in [0, 0.05) is 26.1 Å². The Morgan fingerprint density at radius 3 is 2.56 bits per heavy atom. The average Bonchev–Trinajstić information content (AvgIpc) is 3.46. The van der Waals surface area contributed by atoms with Crippen LogP contribution in [-0.2, 0) is 9.59 Å². The summed E-state index contributed by atoms with van der Waals surface area (Å²) in [4.78, 5) is 61.1. The first kappa shape index (κ1) is 28.2. The zero-order valence-electron chi connectivity index (χ0n) is 23.5. The number of amides is 4. The van der Waals surface area contributed by atoms with Gasteiger partial charge in [-0.15, -0.1) is 0 Å². The Morgan fingerprint density at radius 1 is 1.15 bits per heavy atom. The summed E-state index contributed by atoms with van der Waals surface area (Å²) in [6.45, 7) is 5.53. The Bertz CT molecular complexity index is 1340. The first-order valence-electron chi connectivity index (χ1n) is 14.1. The molecule has 0 bridgehead atoms. The lowest BCUT2D eigenvalue weighted by Gasteiger charge is -2.46. The van der Waals surface area contributed by atoms with Crippen LogP contribution in [0.25, 0.3) is 0 Å². The van der Waals surface area contributed by atoms with Gasteiger partial charge in [0.05, 0.1) is 30.6 Å². The van der Waals surface area contributed by atoms with E-state index in [1.807, 2.05) is 24.8 Å². The molecule has 1 unspecified atom stereocenters. The SMILES string of the molecule is CCCC(=O)N[C@H]1CN(C(=O)c2ccco2)C2CN(CC3CCN(C(=N)N)CC3)C(=O)c3cc(C)ccc3N2C1=O. The number of hydrogen-bond acceptors (Lipinski definition) is 6. The topological polar surface area (TPSA) is 156 Å². The molecule has 2 atom stereocenters. The quantitative estimate of drug-likeness (QED) is 0.357. The number of carbonyl (C=O) groups is 4. The smallest absolute Gasteiger partial charge is 0.291 e. The lowest BCUT2D eigenvalue weighted by molar-refractivity contribution is -0.130. The predicted octanol–water partition coefficient (Wildman–Crippen LogP) is 1.75. The molecule has 2 saturated heterocycles. The van der Waals surface area contributed by atoms with E-state index in [0.29, 0.717) is 37.3 Å². The molecule has 5 rings (SSSR count). The summed E-state index contributed by atoms with van der Waals surface area (Å²) < 4.78 is 5.43. The number of furan rings is 1. The van der Waals surface area contributed by atoms with Crippen LogP contribution >= 0.6 is 0 Å². The van der Waals surface area contributed by atoms with Crippen molar-refractivity contribution in [2.45, 2.75) is 51.7 Å². The van der Waals surface area contributed by atoms with Crippen LogP contribution in [-0.4, -0.2) is 89.2 Å². The number of carbonyl (C=O) groups excluding carboxylic acids is 4. The summed E-state index contributed by atoms with van der Waals surface area (Å²) in [7, 11) is 0. The predicted molar refractivity (Wildman–Crippen MR) is 151 cm³/mol. The van der Waals surface area contributed by atoms with Crippen LogP contribution < -0.4 is 16.0 Å². The number of aryl methyl sites for hydroxylation is 1. The summed E-state index contributed by atoms with van der Waals surface area (Å²) in [5.74, 6) is -0.949. The van der Waals surface area contributed by atoms with Crippen molar-refractivity contribution in [3.05, 3.63) is 53.5 Å². The highest BCUT2D eigenvalue weighted by Crippen LogP contribution is 2.34. The van der Waals surface area contributed by atoms with Gasteiger partial charge in [0.25, 0.3) is 17.7 Å². The van der Waals surface area contributed by atoms with Gasteiger partial charge in [-0.2, -0.15) is 0 Å². The fraction of sp³-hybridized carbons (Fsp3) is 0.483. The van der Waals surface area contributed by atoms with Crippen molar-refractivity contribution in [3.8, 4) is 0 Å². The summed E-state index contributed by atoms with van der Waals surface area (Å²) in [6, 6.07) is 7.56. The summed E-state index contributed by atoms with van der Waals surface area (Å²) in [5, 5.41) is 10.5. The van der Waals surface area contributed by atoms with E-state index in [2.05, 4.69) is 5.32 Å². The Morgan fingerprint density at radius 2 is 1.90 bits per heavy atom. The highest BCUT2D eigenvalue weighted by atomic mass is 16.3. The molecule has 0 spiro atoms. The van der Waals surface area contributed by atoms with Gasteiger partial charge in [0.1, 0.15) is 12.2 Å². The number of piperidine rings is 1. The maximum Gasteiger partial charge on any atom is 0.291 e. The van der Waals surface area contributed by atoms with Crippen LogP contribution in [0, 0.1) is 18.3 Å². The fourth-order valence-electron chi connectivity index (χ4n) is 5.98. The minimum Gasteiger partial charge on any atom is -0.459 e. The van der Waals surface area contributed by atoms with Crippen molar-refractivity contribution in [3.63, 3.8) is 0 Å². The third kappa shape index (κ3) is 5.63. The Kier molecular flexibility index (Phi) is 8.00. The molecule has 41 heavy (non-hydrogen) atoms. The molecule has 2 aromatic rings. The number of rotatable bonds is 6. The van der Waals surface area contributed by atoms with E-state index in [1.54, 1.807) is 29.2 Å². The van der Waals surface area contributed by atoms with E-state index in [1.165, 1.54) is 16.1 Å². The molecule has 2 fully saturated rings. The van der Waals surface area contributed by atoms with E-state index >= 15 is 0 Å². The minimum atomic E-state index is -0.976. The van der Waals surface area contributed by atoms with E-state index in [4.69, 9.17) is 15.6 Å². The summed E-state index contributed by atoms with van der Waals surface area (Å²) in [6.07, 6.45) is 3.00. The third-order valence-electron chi connectivity index (χ3n) is 8.12. The van der Waals surface area contributed by atoms with Crippen LogP contribution in [0.5, 0.6) is 0 Å². The first-order chi connectivity index (χ1) is 19.7. The van der Waals surface area contributed by atoms with Gasteiger partial charge >= 0.3 is 0 Å². The van der Waals surface area contributed by atoms with Gasteiger partial charge in [0.15, 0.2) is 11.7 Å². The van der Waals surface area contributed by atoms with Gasteiger partial charge in [-0.05, 0) is 56.4 Å². The Balaban J connectivity index is 1.53. The molecule has 0 saturated carbocycles. The maximum absolute atomic E-state index is 14.1. The second kappa shape index (κ2) is 11.6. The van der Waals surface area contributed by atoms with Crippen LogP contribution in [0.1, 0.15) is 59.1 Å². The van der Waals surface area contributed by atoms with Gasteiger partial charge in [-0.25, -0.2) is 0 Å². The molecule has 4 N–H and O–H groups in total. The Labute approximate surface area is 238 Å². The molecule has 3 aliphatic rings. The Hall–Kier alpha value is -4.35. The number of hydrogen-bond donors (Lipinski definition) is 3. The maximum atomic E-state index is 14.1. The second-order valence-electron chi connectivity index (χ2n) is 11.0. The van der Waals surface area contributed by atoms with Gasteiger partial charge in [-0.3, -0.25) is 29.5 Å². The number of nitrogens with one attached hydrogen (secondary N) is 2. The first-order valence-corrected chi connectivity index (χ1v) is 14.1. The molecule has 12 heteroatoms. The molecule has 0 radical (unpaired) electrons. The summed E-state index contributed by atoms with van der Waals surface area (Å²) >= 11 is 0. The van der Waals surface area contributed by atoms with E-state index in [-0.39, 0.29) is 54.9 Å². The minimum absolute atomic E-state index is 0.0442. The van der Waals surface area contributed by atoms with E-state index in [9.17, 15) is 19.2 Å². The zero-order chi connectivity index (χ0) is 29.3. The standard InChI is InChI=1S/C29H37N7O5/c1-3-5-24(37)32-21-16-35(28(40)23-6-4-13-41-23)25-17-34(15-19-9-11-33(12-10-19)29(30)31)26(38)20-14-18(2)7-8-22(20)36(25)27(21)39/h4,6-8,13-14,19,21,25H,3,5,9-12,15-17H2,1-2H3,(H3,30,31)(H,32,37)/t21-,25?/m0/s1. The number of likely N-dealkylation sites (tertiary alicyclic amines) is 1. The molecule has 3 aliphatic heterocycles. The number of guanidine groups is 1. The monoisotopic (exact) mass is 563 g/mol. The largest absolute Gasteiger partial charge is 0.459 e. The highest BCUT2D eigenvalue weighted by molar-refractivity contribution is 6.09. The number of fused-ring (bicyclic) bond motifs is 3. The molecule has 4 amide bonds. The van der Waals surface area contributed by atoms with E-state index < -0.39 is 18.1 Å². The van der Waals surface area contributed by atoms with Gasteiger partial charge < -0.3 is 30.2 Å². The normalized spacial score (nSPS) is 21.3. The van der Waals surface area contributed by atoms with Crippen molar-refractivity contribution in [1.29, 1.82) is 5.41 Å². The average molecular weight is 564 g/mol. The molecule has 218 valence electrons. The van der Waals surface area contributed by atoms with Gasteiger partial charge in [0.2, 0.25) is 5.91 Å². The van der Waals surface area contributed by atoms with Crippen LogP contribution in [0.4, 0.5) is 5.69 Å². The number of anilines is 1. The van der Waals surface area contributed by atoms with Crippen molar-refractivity contribution in [2.24, 2.45) is 11.7 Å². The zero-order valence-corrected chi connectivity index (χ0v) is 23.5. The van der Waals surface area contributed by atoms with Crippen LogP contribution in [0.3, 0.4) is 0 Å². The van der Waals surface area contributed by atoms with Crippen molar-refractivity contribution < 1.29 is 23.6 Å². The number of nitrogens with zero attached hydrogens (tertiary/aromatic N) is 4. The number of benzene rings is 1. The molecule has 1 aromatic heterocycles. The third-order valence-corrected chi connectivity index (χ3v) is 8.12. The van der Waals surface area contributed by atoms with Crippen LogP contribution in [0.15, 0.2) is 41.0 Å². The number of nitrogens with two attached hydrogens (primary N) is 1. The lowest BCUT2D eigenvalue weighted by Crippen LogP contribution is -2.69. The molecular weight excluding hydrogens is 526 g/mol. The van der Waals surface area contributed by atoms with Crippen molar-refractivity contribution >= 4 is 35.3 Å². The van der Waals surface area contributed by atoms with Crippen molar-refractivity contribution in [1.82, 2.24) is 20.0 Å². The molecule has 12 nitrogen and oxygen atoms in total. The fourth-order valence-corrected chi connectivity index (χ4v) is 5.98. The molecular formula is C29H37N7O5.